The molecule has 1 saturated carbocycles. The Morgan fingerprint density at radius 3 is 2.45 bits per heavy atom. The van der Waals surface area contributed by atoms with Crippen LogP contribution in [0.1, 0.15) is 65.2 Å². The zero-order chi connectivity index (χ0) is 13.9. The van der Waals surface area contributed by atoms with Gasteiger partial charge in [0.1, 0.15) is 0 Å². The highest BCUT2D eigenvalue weighted by Crippen LogP contribution is 2.30. The van der Waals surface area contributed by atoms with E-state index in [2.05, 4.69) is 13.8 Å². The summed E-state index contributed by atoms with van der Waals surface area (Å²) < 4.78 is 0. The summed E-state index contributed by atoms with van der Waals surface area (Å²) in [6.07, 6.45) is 9.59. The van der Waals surface area contributed by atoms with Crippen molar-refractivity contribution in [2.45, 2.75) is 71.3 Å². The molecule has 3 nitrogen and oxygen atoms in total. The number of amides is 1. The standard InChI is InChI=1S/C16H30N2O.ClH/c1-16(2)12-18(11-10-14(16)17)15(19)9-8-13-6-4-3-5-7-13;/h13-14H,3-12,17H2,1-2H3;1H. The molecule has 1 aliphatic carbocycles. The van der Waals surface area contributed by atoms with Gasteiger partial charge in [-0.15, -0.1) is 12.4 Å². The largest absolute Gasteiger partial charge is 0.342 e. The minimum atomic E-state index is 0. The SMILES string of the molecule is CC1(C)CN(C(=O)CCC2CCCCC2)CCC1N.Cl. The normalized spacial score (nSPS) is 26.9. The third-order valence-corrected chi connectivity index (χ3v) is 5.16. The lowest BCUT2D eigenvalue weighted by Crippen LogP contribution is -2.54. The quantitative estimate of drug-likeness (QED) is 0.869. The van der Waals surface area contributed by atoms with Gasteiger partial charge in [0.05, 0.1) is 0 Å². The van der Waals surface area contributed by atoms with Crippen molar-refractivity contribution in [3.8, 4) is 0 Å². The third-order valence-electron chi connectivity index (χ3n) is 5.16. The molecule has 0 aromatic carbocycles. The van der Waals surface area contributed by atoms with Crippen molar-refractivity contribution in [3.63, 3.8) is 0 Å². The van der Waals surface area contributed by atoms with Crippen LogP contribution in [0.25, 0.3) is 0 Å². The Labute approximate surface area is 130 Å². The molecule has 1 atom stereocenters. The molecule has 2 aliphatic rings. The van der Waals surface area contributed by atoms with E-state index in [0.717, 1.165) is 38.3 Å². The van der Waals surface area contributed by atoms with Crippen molar-refractivity contribution in [2.75, 3.05) is 13.1 Å². The van der Waals surface area contributed by atoms with Crippen LogP contribution in [-0.4, -0.2) is 29.9 Å². The zero-order valence-electron chi connectivity index (χ0n) is 13.1. The summed E-state index contributed by atoms with van der Waals surface area (Å²) in [5.41, 5.74) is 6.20. The number of carbonyl (C=O) groups is 1. The maximum atomic E-state index is 12.3. The van der Waals surface area contributed by atoms with Crippen molar-refractivity contribution < 1.29 is 4.79 Å². The number of carbonyl (C=O) groups excluding carboxylic acids is 1. The lowest BCUT2D eigenvalue weighted by atomic mass is 9.79. The maximum Gasteiger partial charge on any atom is 0.222 e. The van der Waals surface area contributed by atoms with Crippen molar-refractivity contribution in [1.29, 1.82) is 0 Å². The minimum Gasteiger partial charge on any atom is -0.342 e. The van der Waals surface area contributed by atoms with E-state index in [1.165, 1.54) is 32.1 Å². The van der Waals surface area contributed by atoms with Crippen molar-refractivity contribution in [3.05, 3.63) is 0 Å². The molecule has 1 saturated heterocycles. The van der Waals surface area contributed by atoms with Gasteiger partial charge in [-0.3, -0.25) is 4.79 Å². The van der Waals surface area contributed by atoms with Gasteiger partial charge in [-0.1, -0.05) is 46.0 Å². The molecule has 1 heterocycles. The second-order valence-corrected chi connectivity index (χ2v) is 7.24. The highest BCUT2D eigenvalue weighted by atomic mass is 35.5. The fourth-order valence-electron chi connectivity index (χ4n) is 3.55. The predicted octanol–water partition coefficient (Wildman–Crippen LogP) is 3.35. The van der Waals surface area contributed by atoms with E-state index in [1.54, 1.807) is 0 Å². The Bertz CT molecular complexity index is 314. The summed E-state index contributed by atoms with van der Waals surface area (Å²) >= 11 is 0. The zero-order valence-corrected chi connectivity index (χ0v) is 13.9. The predicted molar refractivity (Wildman–Crippen MR) is 86.0 cm³/mol. The first-order valence-corrected chi connectivity index (χ1v) is 8.02. The summed E-state index contributed by atoms with van der Waals surface area (Å²) in [7, 11) is 0. The molecular weight excluding hydrogens is 272 g/mol. The number of likely N-dealkylation sites (tertiary alicyclic amines) is 1. The van der Waals surface area contributed by atoms with Gasteiger partial charge in [-0.2, -0.15) is 0 Å². The van der Waals surface area contributed by atoms with Crippen LogP contribution in [-0.2, 0) is 4.79 Å². The first-order chi connectivity index (χ1) is 8.99. The summed E-state index contributed by atoms with van der Waals surface area (Å²) in [5, 5.41) is 0. The fraction of sp³-hybridized carbons (Fsp3) is 0.938. The second-order valence-electron chi connectivity index (χ2n) is 7.24. The topological polar surface area (TPSA) is 46.3 Å². The molecule has 0 aromatic rings. The minimum absolute atomic E-state index is 0. The molecule has 2 fully saturated rings. The molecule has 2 N–H and O–H groups in total. The fourth-order valence-corrected chi connectivity index (χ4v) is 3.55. The molecular formula is C16H31ClN2O. The van der Waals surface area contributed by atoms with E-state index < -0.39 is 0 Å². The molecule has 118 valence electrons. The Morgan fingerprint density at radius 2 is 1.85 bits per heavy atom. The van der Waals surface area contributed by atoms with Crippen LogP contribution >= 0.6 is 12.4 Å². The van der Waals surface area contributed by atoms with E-state index in [-0.39, 0.29) is 23.9 Å². The Balaban J connectivity index is 0.00000200. The molecule has 0 radical (unpaired) electrons. The van der Waals surface area contributed by atoms with Gasteiger partial charge >= 0.3 is 0 Å². The highest BCUT2D eigenvalue weighted by molar-refractivity contribution is 5.85. The molecule has 1 aliphatic heterocycles. The molecule has 1 unspecified atom stereocenters. The first-order valence-electron chi connectivity index (χ1n) is 8.02. The summed E-state index contributed by atoms with van der Waals surface area (Å²) in [6.45, 7) is 6.04. The van der Waals surface area contributed by atoms with Crippen LogP contribution in [0.2, 0.25) is 0 Å². The van der Waals surface area contributed by atoms with Crippen molar-refractivity contribution in [2.24, 2.45) is 17.1 Å². The van der Waals surface area contributed by atoms with E-state index >= 15 is 0 Å². The van der Waals surface area contributed by atoms with Crippen LogP contribution in [0.5, 0.6) is 0 Å². The number of hydrogen-bond acceptors (Lipinski definition) is 2. The Kier molecular flexibility index (Phi) is 6.80. The van der Waals surface area contributed by atoms with Gasteiger partial charge in [-0.05, 0) is 24.2 Å². The number of nitrogens with zero attached hydrogens (tertiary/aromatic N) is 1. The van der Waals surface area contributed by atoms with Gasteiger partial charge in [-0.25, -0.2) is 0 Å². The molecule has 0 spiro atoms. The summed E-state index contributed by atoms with van der Waals surface area (Å²) in [5.74, 6) is 1.16. The smallest absolute Gasteiger partial charge is 0.222 e. The van der Waals surface area contributed by atoms with Gasteiger partial charge in [0.15, 0.2) is 0 Å². The summed E-state index contributed by atoms with van der Waals surface area (Å²) in [4.78, 5) is 14.4. The number of hydrogen-bond donors (Lipinski definition) is 1. The van der Waals surface area contributed by atoms with Crippen LogP contribution in [0, 0.1) is 11.3 Å². The molecule has 0 aromatic heterocycles. The Hall–Kier alpha value is -0.280. The van der Waals surface area contributed by atoms with E-state index in [0.29, 0.717) is 5.91 Å². The lowest BCUT2D eigenvalue weighted by Gasteiger charge is -2.42. The van der Waals surface area contributed by atoms with E-state index in [1.807, 2.05) is 4.90 Å². The molecule has 2 rings (SSSR count). The highest BCUT2D eigenvalue weighted by Gasteiger charge is 2.35. The number of piperidine rings is 1. The average Bonchev–Trinajstić information content (AvgIpc) is 2.40. The monoisotopic (exact) mass is 302 g/mol. The molecule has 4 heteroatoms. The van der Waals surface area contributed by atoms with Gasteiger partial charge < -0.3 is 10.6 Å². The molecule has 20 heavy (non-hydrogen) atoms. The maximum absolute atomic E-state index is 12.3. The van der Waals surface area contributed by atoms with Crippen LogP contribution in [0.3, 0.4) is 0 Å². The van der Waals surface area contributed by atoms with Crippen LogP contribution in [0.4, 0.5) is 0 Å². The van der Waals surface area contributed by atoms with Gasteiger partial charge in [0, 0.05) is 25.6 Å². The molecule has 1 amide bonds. The van der Waals surface area contributed by atoms with Crippen LogP contribution in [0.15, 0.2) is 0 Å². The Morgan fingerprint density at radius 1 is 1.20 bits per heavy atom. The van der Waals surface area contributed by atoms with E-state index in [4.69, 9.17) is 5.73 Å². The second kappa shape index (κ2) is 7.65. The summed E-state index contributed by atoms with van der Waals surface area (Å²) in [6, 6.07) is 0.231. The lowest BCUT2D eigenvalue weighted by molar-refractivity contribution is -0.135. The molecule has 0 bridgehead atoms. The average molecular weight is 303 g/mol. The number of rotatable bonds is 3. The van der Waals surface area contributed by atoms with Crippen molar-refractivity contribution >= 4 is 18.3 Å². The van der Waals surface area contributed by atoms with Gasteiger partial charge in [0.2, 0.25) is 5.91 Å². The first kappa shape index (κ1) is 17.8. The van der Waals surface area contributed by atoms with E-state index in [9.17, 15) is 4.79 Å². The van der Waals surface area contributed by atoms with Crippen molar-refractivity contribution in [1.82, 2.24) is 4.90 Å². The third kappa shape index (κ3) is 4.63. The van der Waals surface area contributed by atoms with Gasteiger partial charge in [0.25, 0.3) is 0 Å². The van der Waals surface area contributed by atoms with Crippen LogP contribution < -0.4 is 5.73 Å². The number of nitrogens with two attached hydrogens (primary N) is 1. The number of halogens is 1.